The minimum atomic E-state index is -1.12. The zero-order chi connectivity index (χ0) is 31.7. The van der Waals surface area contributed by atoms with E-state index in [1.54, 1.807) is 27.2 Å². The van der Waals surface area contributed by atoms with Crippen molar-refractivity contribution < 1.29 is 28.4 Å². The fourth-order valence-corrected chi connectivity index (χ4v) is 6.88. The smallest absolute Gasteiger partial charge is 0.262 e. The fourth-order valence-electron chi connectivity index (χ4n) is 5.96. The van der Waals surface area contributed by atoms with Crippen LogP contribution in [0.5, 0.6) is 0 Å². The summed E-state index contributed by atoms with van der Waals surface area (Å²) in [5.41, 5.74) is 2.56. The van der Waals surface area contributed by atoms with E-state index in [2.05, 4.69) is 42.6 Å². The second kappa shape index (κ2) is 12.8. The van der Waals surface area contributed by atoms with Gasteiger partial charge in [0.15, 0.2) is 0 Å². The number of nitrogens with zero attached hydrogens (tertiary/aromatic N) is 3. The van der Waals surface area contributed by atoms with E-state index in [-0.39, 0.29) is 35.6 Å². The van der Waals surface area contributed by atoms with E-state index in [4.69, 9.17) is 0 Å². The van der Waals surface area contributed by atoms with Crippen molar-refractivity contribution >= 4 is 52.6 Å². The number of piperidine rings is 1. The predicted octanol–water partition coefficient (Wildman–Crippen LogP) is 4.66. The van der Waals surface area contributed by atoms with Crippen molar-refractivity contribution in [2.45, 2.75) is 45.1 Å². The number of piperazine rings is 1. The molecule has 1 N–H and O–H groups in total. The van der Waals surface area contributed by atoms with Gasteiger partial charge in [-0.05, 0) is 60.7 Å². The van der Waals surface area contributed by atoms with Crippen LogP contribution < -0.4 is 10.2 Å². The van der Waals surface area contributed by atoms with E-state index in [9.17, 15) is 24.0 Å². The van der Waals surface area contributed by atoms with E-state index in [1.165, 1.54) is 24.5 Å². The Morgan fingerprint density at radius 1 is 0.978 bits per heavy atom. The summed E-state index contributed by atoms with van der Waals surface area (Å²) in [7, 11) is 0. The Kier molecular flexibility index (Phi) is 8.62. The third-order valence-electron chi connectivity index (χ3n) is 8.51. The Balaban J connectivity index is 1.07. The Morgan fingerprint density at radius 3 is 2.38 bits per heavy atom. The number of benzene rings is 2. The summed E-state index contributed by atoms with van der Waals surface area (Å²) in [6.07, 6.45) is 6.83. The number of halogens is 1. The van der Waals surface area contributed by atoms with Crippen molar-refractivity contribution in [1.82, 2.24) is 15.1 Å². The molecule has 6 rings (SSSR count). The molecule has 2 fully saturated rings. The van der Waals surface area contributed by atoms with Crippen LogP contribution in [0.25, 0.3) is 16.5 Å². The maximum Gasteiger partial charge on any atom is 0.262 e. The first-order valence-electron chi connectivity index (χ1n) is 15.2. The quantitative estimate of drug-likeness (QED) is 0.287. The van der Waals surface area contributed by atoms with Gasteiger partial charge in [0, 0.05) is 48.4 Å². The second-order valence-electron chi connectivity index (χ2n) is 11.4. The topological polar surface area (TPSA) is 107 Å². The minimum Gasteiger partial charge on any atom is -0.366 e. The summed E-state index contributed by atoms with van der Waals surface area (Å²) in [5, 5.41) is 2.15. The normalized spacial score (nSPS) is 18.6. The molecule has 0 bridgehead atoms. The average Bonchev–Trinajstić information content (AvgIpc) is 3.61. The number of fused-ring (bicyclic) bond motifs is 1. The molecule has 3 aliphatic heterocycles. The molecule has 0 saturated carbocycles. The molecule has 0 spiro atoms. The van der Waals surface area contributed by atoms with Crippen LogP contribution in [0.4, 0.5) is 10.1 Å². The van der Waals surface area contributed by atoms with Crippen LogP contribution in [-0.4, -0.2) is 71.6 Å². The Bertz CT molecular complexity index is 1710. The van der Waals surface area contributed by atoms with Crippen molar-refractivity contribution in [1.29, 1.82) is 0 Å². The third-order valence-corrected chi connectivity index (χ3v) is 9.61. The number of nitrogens with one attached hydrogen (secondary N) is 1. The fraction of sp³-hybridized carbons (Fsp3) is 0.324. The summed E-state index contributed by atoms with van der Waals surface area (Å²) in [4.78, 5) is 69.3. The number of imide groups is 2. The van der Waals surface area contributed by atoms with E-state index in [1.807, 2.05) is 12.1 Å². The second-order valence-corrected chi connectivity index (χ2v) is 12.6. The molecule has 9 nitrogen and oxygen atoms in total. The lowest BCUT2D eigenvalue weighted by Gasteiger charge is -2.36. The number of unbranched alkanes of at least 4 members (excludes halogenated alkanes) is 1. The highest BCUT2D eigenvalue weighted by atomic mass is 32.1. The Hall–Kier alpha value is -4.64. The van der Waals surface area contributed by atoms with Crippen molar-refractivity contribution in [3.05, 3.63) is 82.0 Å². The minimum absolute atomic E-state index is 0.00358. The summed E-state index contributed by atoms with van der Waals surface area (Å²) < 4.78 is 15.2. The van der Waals surface area contributed by atoms with Gasteiger partial charge in [-0.25, -0.2) is 4.39 Å². The van der Waals surface area contributed by atoms with Crippen molar-refractivity contribution in [2.24, 2.45) is 0 Å². The summed E-state index contributed by atoms with van der Waals surface area (Å²) in [6.45, 7) is 3.58. The zero-order valence-electron chi connectivity index (χ0n) is 24.9. The van der Waals surface area contributed by atoms with Gasteiger partial charge in [-0.15, -0.1) is 11.3 Å². The van der Waals surface area contributed by atoms with Crippen LogP contribution in [0, 0.1) is 5.82 Å². The molecule has 2 aromatic carbocycles. The monoisotopic (exact) mass is 628 g/mol. The largest absolute Gasteiger partial charge is 0.366 e. The van der Waals surface area contributed by atoms with Gasteiger partial charge in [0.1, 0.15) is 11.9 Å². The molecular weight excluding hydrogens is 595 g/mol. The number of thiophene rings is 1. The molecule has 3 aromatic rings. The van der Waals surface area contributed by atoms with Gasteiger partial charge in [-0.1, -0.05) is 37.6 Å². The lowest BCUT2D eigenvalue weighted by molar-refractivity contribution is -0.136. The molecule has 1 unspecified atom stereocenters. The van der Waals surface area contributed by atoms with E-state index >= 15 is 4.39 Å². The van der Waals surface area contributed by atoms with Gasteiger partial charge < -0.3 is 9.80 Å². The Morgan fingerprint density at radius 2 is 1.69 bits per heavy atom. The van der Waals surface area contributed by atoms with E-state index in [0.29, 0.717) is 26.2 Å². The number of carbonyl (C=O) groups is 5. The van der Waals surface area contributed by atoms with Gasteiger partial charge >= 0.3 is 0 Å². The molecular formula is C34H33FN4O5S. The SMILES string of the molecule is CCCCc1ccc(-c2ccc(C=CC(=O)N3CCN(c4cc5c(cc4F)C(=O)N(C4CCC(=O)NC4=O)C5=O)CC3)s2)cc1. The highest BCUT2D eigenvalue weighted by Gasteiger charge is 2.45. The molecule has 11 heteroatoms. The maximum atomic E-state index is 15.2. The zero-order valence-corrected chi connectivity index (χ0v) is 25.7. The van der Waals surface area contributed by atoms with Crippen LogP contribution in [0.3, 0.4) is 0 Å². The van der Waals surface area contributed by atoms with Crippen LogP contribution in [0.15, 0.2) is 54.6 Å². The molecule has 1 aromatic heterocycles. The van der Waals surface area contributed by atoms with Gasteiger partial charge in [0.25, 0.3) is 11.8 Å². The van der Waals surface area contributed by atoms with Crippen molar-refractivity contribution in [3.63, 3.8) is 0 Å². The first-order valence-corrected chi connectivity index (χ1v) is 16.0. The lowest BCUT2D eigenvalue weighted by atomic mass is 10.0. The van der Waals surface area contributed by atoms with Crippen molar-refractivity contribution in [2.75, 3.05) is 31.1 Å². The molecule has 45 heavy (non-hydrogen) atoms. The number of amides is 5. The number of anilines is 1. The summed E-state index contributed by atoms with van der Waals surface area (Å²) >= 11 is 1.62. The van der Waals surface area contributed by atoms with Crippen LogP contribution in [0.1, 0.15) is 63.8 Å². The molecule has 3 aliphatic rings. The number of rotatable bonds is 8. The molecule has 4 heterocycles. The van der Waals surface area contributed by atoms with Crippen molar-refractivity contribution in [3.8, 4) is 10.4 Å². The average molecular weight is 629 g/mol. The van der Waals surface area contributed by atoms with Crippen LogP contribution in [-0.2, 0) is 20.8 Å². The van der Waals surface area contributed by atoms with Crippen LogP contribution in [0.2, 0.25) is 0 Å². The van der Waals surface area contributed by atoms with Crippen LogP contribution >= 0.6 is 11.3 Å². The van der Waals surface area contributed by atoms with Gasteiger partial charge in [0.2, 0.25) is 17.7 Å². The molecule has 5 amide bonds. The van der Waals surface area contributed by atoms with Gasteiger partial charge in [-0.2, -0.15) is 0 Å². The molecule has 1 atom stereocenters. The van der Waals surface area contributed by atoms with Gasteiger partial charge in [-0.3, -0.25) is 34.2 Å². The number of hydrogen-bond donors (Lipinski definition) is 1. The van der Waals surface area contributed by atoms with E-state index in [0.717, 1.165) is 32.7 Å². The molecule has 2 saturated heterocycles. The number of aryl methyl sites for hydroxylation is 1. The first kappa shape index (κ1) is 30.4. The molecule has 0 aliphatic carbocycles. The first-order chi connectivity index (χ1) is 21.7. The summed E-state index contributed by atoms with van der Waals surface area (Å²) in [5.74, 6) is -3.43. The Labute approximate surface area is 264 Å². The predicted molar refractivity (Wildman–Crippen MR) is 169 cm³/mol. The number of carbonyl (C=O) groups excluding carboxylic acids is 5. The standard InChI is InChI=1S/C34H33FN4O5S/c1-2-3-4-21-5-7-22(8-6-21)29-12-9-23(45-29)10-14-31(41)38-17-15-37(16-18-38)28-20-25-24(19-26(28)35)33(43)39(34(25)44)27-11-13-30(40)36-32(27)42/h5-10,12,14,19-20,27H,2-4,11,13,15-18H2,1H3,(H,36,40,42). The third kappa shape index (κ3) is 6.17. The molecule has 232 valence electrons. The highest BCUT2D eigenvalue weighted by molar-refractivity contribution is 7.16. The highest BCUT2D eigenvalue weighted by Crippen LogP contribution is 2.33. The lowest BCUT2D eigenvalue weighted by Crippen LogP contribution is -2.54. The maximum absolute atomic E-state index is 15.2. The van der Waals surface area contributed by atoms with E-state index < -0.39 is 35.5 Å². The molecule has 0 radical (unpaired) electrons. The van der Waals surface area contributed by atoms with Gasteiger partial charge in [0.05, 0.1) is 16.8 Å². The summed E-state index contributed by atoms with van der Waals surface area (Å²) in [6, 6.07) is 13.9. The number of hydrogen-bond acceptors (Lipinski definition) is 7.